The Balaban J connectivity index is 1.80. The second-order valence-electron chi connectivity index (χ2n) is 7.16. The summed E-state index contributed by atoms with van der Waals surface area (Å²) in [6, 6.07) is 15.1. The molecule has 0 spiro atoms. The molecule has 3 rings (SSSR count). The number of methoxy groups -OCH3 is 2. The number of aromatic nitrogens is 2. The first-order valence-corrected chi connectivity index (χ1v) is 9.92. The molecule has 162 valence electrons. The Morgan fingerprint density at radius 1 is 0.806 bits per heavy atom. The first kappa shape index (κ1) is 22.1. The molecule has 2 aromatic carbocycles. The summed E-state index contributed by atoms with van der Waals surface area (Å²) in [4.78, 5) is 20.4. The molecule has 0 atom stereocenters. The highest BCUT2D eigenvalue weighted by molar-refractivity contribution is 5.76. The maximum Gasteiger partial charge on any atom is 0.320 e. The van der Waals surface area contributed by atoms with Crippen molar-refractivity contribution in [2.45, 2.75) is 33.0 Å². The molecule has 7 heteroatoms. The fourth-order valence-electron chi connectivity index (χ4n) is 3.00. The summed E-state index contributed by atoms with van der Waals surface area (Å²) in [6.07, 6.45) is 0.706. The largest absolute Gasteiger partial charge is 0.497 e. The quantitative estimate of drug-likeness (QED) is 0.442. The second kappa shape index (κ2) is 10.4. The highest BCUT2D eigenvalue weighted by Gasteiger charge is 2.19. The van der Waals surface area contributed by atoms with Crippen molar-refractivity contribution in [2.24, 2.45) is 0 Å². The molecule has 0 bridgehead atoms. The van der Waals surface area contributed by atoms with Crippen LogP contribution in [-0.4, -0.2) is 30.5 Å². The molecule has 7 nitrogen and oxygen atoms in total. The SMILES string of the molecule is COc1ccc(COc2nc(C=O)c(C(C)C)c(OCc3ccc(OC)cc3)n2)cc1. The third-order valence-corrected chi connectivity index (χ3v) is 4.67. The number of hydrogen-bond acceptors (Lipinski definition) is 7. The van der Waals surface area contributed by atoms with Crippen LogP contribution in [0.15, 0.2) is 48.5 Å². The zero-order valence-corrected chi connectivity index (χ0v) is 18.1. The highest BCUT2D eigenvalue weighted by atomic mass is 16.5. The zero-order valence-electron chi connectivity index (χ0n) is 18.1. The van der Waals surface area contributed by atoms with Crippen LogP contribution in [0.25, 0.3) is 0 Å². The van der Waals surface area contributed by atoms with Crippen LogP contribution >= 0.6 is 0 Å². The van der Waals surface area contributed by atoms with E-state index in [2.05, 4.69) is 9.97 Å². The predicted octanol–water partition coefficient (Wildman–Crippen LogP) is 4.59. The van der Waals surface area contributed by atoms with Gasteiger partial charge in [0.05, 0.1) is 14.2 Å². The van der Waals surface area contributed by atoms with Gasteiger partial charge in [0.15, 0.2) is 6.29 Å². The molecule has 0 amide bonds. The third kappa shape index (κ3) is 5.72. The molecule has 0 N–H and O–H groups in total. The number of nitrogens with zero attached hydrogens (tertiary/aromatic N) is 2. The summed E-state index contributed by atoms with van der Waals surface area (Å²) >= 11 is 0. The van der Waals surface area contributed by atoms with Crippen LogP contribution < -0.4 is 18.9 Å². The number of hydrogen-bond donors (Lipinski definition) is 0. The Morgan fingerprint density at radius 2 is 1.32 bits per heavy atom. The van der Waals surface area contributed by atoms with E-state index in [-0.39, 0.29) is 30.8 Å². The maximum atomic E-state index is 11.7. The Labute approximate surface area is 182 Å². The fourth-order valence-corrected chi connectivity index (χ4v) is 3.00. The molecule has 0 saturated carbocycles. The number of aldehydes is 1. The monoisotopic (exact) mass is 422 g/mol. The second-order valence-corrected chi connectivity index (χ2v) is 7.16. The molecule has 3 aromatic rings. The number of benzene rings is 2. The van der Waals surface area contributed by atoms with Gasteiger partial charge in [-0.1, -0.05) is 38.1 Å². The molecule has 1 heterocycles. The van der Waals surface area contributed by atoms with Gasteiger partial charge in [-0.25, -0.2) is 0 Å². The molecule has 0 aliphatic rings. The first-order chi connectivity index (χ1) is 15.0. The van der Waals surface area contributed by atoms with Gasteiger partial charge >= 0.3 is 6.01 Å². The average Bonchev–Trinajstić information content (AvgIpc) is 2.81. The van der Waals surface area contributed by atoms with E-state index in [1.54, 1.807) is 14.2 Å². The lowest BCUT2D eigenvalue weighted by molar-refractivity contribution is 0.111. The van der Waals surface area contributed by atoms with E-state index in [9.17, 15) is 4.79 Å². The highest BCUT2D eigenvalue weighted by Crippen LogP contribution is 2.29. The van der Waals surface area contributed by atoms with Gasteiger partial charge < -0.3 is 18.9 Å². The summed E-state index contributed by atoms with van der Waals surface area (Å²) in [5.41, 5.74) is 2.79. The smallest absolute Gasteiger partial charge is 0.320 e. The van der Waals surface area contributed by atoms with E-state index >= 15 is 0 Å². The van der Waals surface area contributed by atoms with Crippen molar-refractivity contribution >= 4 is 6.29 Å². The van der Waals surface area contributed by atoms with Gasteiger partial charge in [0.2, 0.25) is 5.88 Å². The first-order valence-electron chi connectivity index (χ1n) is 9.92. The summed E-state index contributed by atoms with van der Waals surface area (Å²) in [5, 5.41) is 0. The van der Waals surface area contributed by atoms with Crippen molar-refractivity contribution in [3.63, 3.8) is 0 Å². The van der Waals surface area contributed by atoms with E-state index in [0.29, 0.717) is 17.7 Å². The van der Waals surface area contributed by atoms with E-state index in [0.717, 1.165) is 22.6 Å². The Hall–Kier alpha value is -3.61. The Kier molecular flexibility index (Phi) is 7.43. The molecule has 0 saturated heterocycles. The van der Waals surface area contributed by atoms with Gasteiger partial charge in [0.25, 0.3) is 0 Å². The maximum absolute atomic E-state index is 11.7. The number of carbonyl (C=O) groups is 1. The van der Waals surface area contributed by atoms with Crippen molar-refractivity contribution in [2.75, 3.05) is 14.2 Å². The van der Waals surface area contributed by atoms with Gasteiger partial charge in [-0.05, 0) is 41.3 Å². The molecule has 0 fully saturated rings. The van der Waals surface area contributed by atoms with Crippen molar-refractivity contribution in [1.82, 2.24) is 9.97 Å². The number of rotatable bonds is 10. The number of carbonyl (C=O) groups excluding carboxylic acids is 1. The average molecular weight is 422 g/mol. The van der Waals surface area contributed by atoms with Crippen LogP contribution in [-0.2, 0) is 13.2 Å². The molecule has 0 aliphatic heterocycles. The van der Waals surface area contributed by atoms with E-state index in [1.807, 2.05) is 62.4 Å². The third-order valence-electron chi connectivity index (χ3n) is 4.67. The van der Waals surface area contributed by atoms with Crippen molar-refractivity contribution in [3.05, 3.63) is 70.9 Å². The van der Waals surface area contributed by atoms with Crippen molar-refractivity contribution in [1.29, 1.82) is 0 Å². The fraction of sp³-hybridized carbons (Fsp3) is 0.292. The molecule has 0 radical (unpaired) electrons. The van der Waals surface area contributed by atoms with Crippen LogP contribution in [0.1, 0.15) is 46.9 Å². The molecule has 1 aromatic heterocycles. The van der Waals surface area contributed by atoms with Gasteiger partial charge in [-0.3, -0.25) is 4.79 Å². The van der Waals surface area contributed by atoms with E-state index in [4.69, 9.17) is 18.9 Å². The lowest BCUT2D eigenvalue weighted by atomic mass is 10.0. The minimum absolute atomic E-state index is 0.00158. The van der Waals surface area contributed by atoms with E-state index < -0.39 is 0 Å². The Bertz CT molecular complexity index is 1000. The molecular weight excluding hydrogens is 396 g/mol. The van der Waals surface area contributed by atoms with Crippen LogP contribution in [0.2, 0.25) is 0 Å². The van der Waals surface area contributed by atoms with Crippen LogP contribution in [0, 0.1) is 0 Å². The summed E-state index contributed by atoms with van der Waals surface area (Å²) < 4.78 is 22.1. The van der Waals surface area contributed by atoms with Crippen LogP contribution in [0.3, 0.4) is 0 Å². The van der Waals surface area contributed by atoms with Gasteiger partial charge in [-0.2, -0.15) is 9.97 Å². The van der Waals surface area contributed by atoms with Gasteiger partial charge in [0.1, 0.15) is 30.4 Å². The summed E-state index contributed by atoms with van der Waals surface area (Å²) in [5.74, 6) is 1.87. The topological polar surface area (TPSA) is 79.8 Å². The standard InChI is InChI=1S/C24H26N2O5/c1-16(2)22-21(13-27)25-24(31-15-18-7-11-20(29-4)12-8-18)26-23(22)30-14-17-5-9-19(28-3)10-6-17/h5-13,16H,14-15H2,1-4H3. The molecular formula is C24H26N2O5. The molecule has 0 unspecified atom stereocenters. The predicted molar refractivity (Wildman–Crippen MR) is 116 cm³/mol. The van der Waals surface area contributed by atoms with Crippen molar-refractivity contribution in [3.8, 4) is 23.4 Å². The molecule has 31 heavy (non-hydrogen) atoms. The summed E-state index contributed by atoms with van der Waals surface area (Å²) in [6.45, 7) is 4.46. The number of ether oxygens (including phenoxy) is 4. The van der Waals surface area contributed by atoms with E-state index in [1.165, 1.54) is 0 Å². The molecule has 0 aliphatic carbocycles. The summed E-state index contributed by atoms with van der Waals surface area (Å²) in [7, 11) is 3.24. The normalized spacial score (nSPS) is 10.6. The minimum atomic E-state index is 0.00158. The zero-order chi connectivity index (χ0) is 22.2. The van der Waals surface area contributed by atoms with Gasteiger partial charge in [-0.15, -0.1) is 0 Å². The lowest BCUT2D eigenvalue weighted by Crippen LogP contribution is -2.10. The minimum Gasteiger partial charge on any atom is -0.497 e. The van der Waals surface area contributed by atoms with Crippen molar-refractivity contribution < 1.29 is 23.7 Å². The van der Waals surface area contributed by atoms with Gasteiger partial charge in [0, 0.05) is 5.56 Å². The Morgan fingerprint density at radius 3 is 1.77 bits per heavy atom. The van der Waals surface area contributed by atoms with Crippen LogP contribution in [0.5, 0.6) is 23.4 Å². The van der Waals surface area contributed by atoms with Crippen LogP contribution in [0.4, 0.5) is 0 Å². The lowest BCUT2D eigenvalue weighted by Gasteiger charge is -2.16.